The second kappa shape index (κ2) is 4.70. The van der Waals surface area contributed by atoms with Crippen LogP contribution in [0.15, 0.2) is 16.5 Å². The first kappa shape index (κ1) is 12.8. The fraction of sp³-hybridized carbons (Fsp3) is 0.538. The molecule has 3 rings (SSSR count). The van der Waals surface area contributed by atoms with Gasteiger partial charge in [0.05, 0.1) is 29.4 Å². The standard InChI is InChI=1S/C13H17N3O2S/c1-9-11-10(6-19-9)12(17)16(8-15-11)7-13(18)2-4-14-5-3-13/h6,8,14,18H,2-5,7H2,1H3. The molecule has 1 fully saturated rings. The molecule has 19 heavy (non-hydrogen) atoms. The van der Waals surface area contributed by atoms with E-state index in [9.17, 15) is 9.90 Å². The molecular formula is C13H17N3O2S. The topological polar surface area (TPSA) is 67.2 Å². The van der Waals surface area contributed by atoms with Crippen LogP contribution in [0.4, 0.5) is 0 Å². The lowest BCUT2D eigenvalue weighted by atomic mass is 9.92. The van der Waals surface area contributed by atoms with Crippen molar-refractivity contribution >= 4 is 22.2 Å². The lowest BCUT2D eigenvalue weighted by Crippen LogP contribution is -2.46. The maximum Gasteiger partial charge on any atom is 0.262 e. The van der Waals surface area contributed by atoms with E-state index in [4.69, 9.17) is 0 Å². The predicted molar refractivity (Wildman–Crippen MR) is 75.7 cm³/mol. The van der Waals surface area contributed by atoms with E-state index >= 15 is 0 Å². The molecule has 0 saturated carbocycles. The minimum Gasteiger partial charge on any atom is -0.388 e. The van der Waals surface area contributed by atoms with Crippen molar-refractivity contribution in [2.75, 3.05) is 13.1 Å². The zero-order chi connectivity index (χ0) is 13.5. The lowest BCUT2D eigenvalue weighted by Gasteiger charge is -2.32. The van der Waals surface area contributed by atoms with Gasteiger partial charge in [-0.25, -0.2) is 4.98 Å². The van der Waals surface area contributed by atoms with Gasteiger partial charge in [0.15, 0.2) is 0 Å². The Balaban J connectivity index is 1.97. The van der Waals surface area contributed by atoms with E-state index in [1.807, 2.05) is 12.3 Å². The van der Waals surface area contributed by atoms with Crippen LogP contribution in [0, 0.1) is 6.92 Å². The molecule has 102 valence electrons. The van der Waals surface area contributed by atoms with Gasteiger partial charge in [-0.1, -0.05) is 0 Å². The van der Waals surface area contributed by atoms with Crippen LogP contribution in [-0.2, 0) is 6.54 Å². The molecular weight excluding hydrogens is 262 g/mol. The van der Waals surface area contributed by atoms with E-state index in [1.165, 1.54) is 11.3 Å². The third-order valence-corrected chi connectivity index (χ3v) is 4.66. The van der Waals surface area contributed by atoms with Crippen LogP contribution in [0.3, 0.4) is 0 Å². The molecule has 2 aromatic heterocycles. The Labute approximate surface area is 114 Å². The summed E-state index contributed by atoms with van der Waals surface area (Å²) in [4.78, 5) is 17.8. The van der Waals surface area contributed by atoms with Crippen molar-refractivity contribution in [1.29, 1.82) is 0 Å². The van der Waals surface area contributed by atoms with Crippen molar-refractivity contribution in [3.05, 3.63) is 26.9 Å². The van der Waals surface area contributed by atoms with Crippen molar-refractivity contribution in [3.63, 3.8) is 0 Å². The molecule has 0 unspecified atom stereocenters. The number of fused-ring (bicyclic) bond motifs is 1. The van der Waals surface area contributed by atoms with Crippen LogP contribution in [0.1, 0.15) is 17.7 Å². The fourth-order valence-corrected chi connectivity index (χ4v) is 3.36. The van der Waals surface area contributed by atoms with Gasteiger partial charge in [0.25, 0.3) is 5.56 Å². The van der Waals surface area contributed by atoms with Crippen molar-refractivity contribution in [1.82, 2.24) is 14.9 Å². The fourth-order valence-electron chi connectivity index (χ4n) is 2.58. The summed E-state index contributed by atoms with van der Waals surface area (Å²) in [5.41, 5.74) is -0.0694. The summed E-state index contributed by atoms with van der Waals surface area (Å²) >= 11 is 1.54. The summed E-state index contributed by atoms with van der Waals surface area (Å²) in [5.74, 6) is 0. The Morgan fingerprint density at radius 1 is 1.53 bits per heavy atom. The first-order chi connectivity index (χ1) is 9.09. The summed E-state index contributed by atoms with van der Waals surface area (Å²) in [6.45, 7) is 3.87. The second-order valence-electron chi connectivity index (χ2n) is 5.21. The number of aryl methyl sites for hydroxylation is 1. The molecule has 2 aromatic rings. The first-order valence-electron chi connectivity index (χ1n) is 6.45. The van der Waals surface area contributed by atoms with Crippen LogP contribution in [0.2, 0.25) is 0 Å². The highest BCUT2D eigenvalue weighted by atomic mass is 32.1. The highest BCUT2D eigenvalue weighted by molar-refractivity contribution is 7.11. The molecule has 6 heteroatoms. The smallest absolute Gasteiger partial charge is 0.262 e. The summed E-state index contributed by atoms with van der Waals surface area (Å²) < 4.78 is 1.54. The number of hydrogen-bond acceptors (Lipinski definition) is 5. The van der Waals surface area contributed by atoms with E-state index in [2.05, 4.69) is 10.3 Å². The second-order valence-corrected chi connectivity index (χ2v) is 6.29. The molecule has 0 radical (unpaired) electrons. The largest absolute Gasteiger partial charge is 0.388 e. The van der Waals surface area contributed by atoms with Gasteiger partial charge in [0, 0.05) is 10.3 Å². The van der Waals surface area contributed by atoms with Gasteiger partial charge in [0.1, 0.15) is 0 Å². The quantitative estimate of drug-likeness (QED) is 0.856. The zero-order valence-electron chi connectivity index (χ0n) is 10.8. The van der Waals surface area contributed by atoms with E-state index in [-0.39, 0.29) is 5.56 Å². The predicted octanol–water partition coefficient (Wildman–Crippen LogP) is 0.881. The average Bonchev–Trinajstić information content (AvgIpc) is 2.76. The SMILES string of the molecule is Cc1scc2c(=O)n(CC3(O)CCNCC3)cnc12. The summed E-state index contributed by atoms with van der Waals surface area (Å²) in [6.07, 6.45) is 2.89. The summed E-state index contributed by atoms with van der Waals surface area (Å²) in [5, 5.41) is 16.2. The third-order valence-electron chi connectivity index (χ3n) is 3.76. The minimum atomic E-state index is -0.796. The van der Waals surface area contributed by atoms with Gasteiger partial charge in [-0.15, -0.1) is 11.3 Å². The van der Waals surface area contributed by atoms with Gasteiger partial charge in [-0.2, -0.15) is 0 Å². The minimum absolute atomic E-state index is 0.0543. The molecule has 0 spiro atoms. The normalized spacial score (nSPS) is 18.8. The molecule has 1 aliphatic rings. The molecule has 5 nitrogen and oxygen atoms in total. The maximum atomic E-state index is 12.4. The van der Waals surface area contributed by atoms with E-state index in [0.29, 0.717) is 24.8 Å². The number of thiophene rings is 1. The zero-order valence-corrected chi connectivity index (χ0v) is 11.7. The van der Waals surface area contributed by atoms with Crippen LogP contribution < -0.4 is 10.9 Å². The number of aliphatic hydroxyl groups is 1. The summed E-state index contributed by atoms with van der Waals surface area (Å²) in [7, 11) is 0. The molecule has 0 aromatic carbocycles. The molecule has 0 bridgehead atoms. The number of piperidine rings is 1. The highest BCUT2D eigenvalue weighted by Gasteiger charge is 2.30. The third kappa shape index (κ3) is 2.31. The number of hydrogen-bond donors (Lipinski definition) is 2. The van der Waals surface area contributed by atoms with E-state index in [1.54, 1.807) is 10.9 Å². The van der Waals surface area contributed by atoms with Gasteiger partial charge < -0.3 is 10.4 Å². The van der Waals surface area contributed by atoms with Crippen LogP contribution in [0.5, 0.6) is 0 Å². The molecule has 3 heterocycles. The van der Waals surface area contributed by atoms with Gasteiger partial charge >= 0.3 is 0 Å². The Hall–Kier alpha value is -1.24. The van der Waals surface area contributed by atoms with Crippen LogP contribution >= 0.6 is 11.3 Å². The van der Waals surface area contributed by atoms with E-state index in [0.717, 1.165) is 23.5 Å². The van der Waals surface area contributed by atoms with E-state index < -0.39 is 5.60 Å². The monoisotopic (exact) mass is 279 g/mol. The summed E-state index contributed by atoms with van der Waals surface area (Å²) in [6, 6.07) is 0. The average molecular weight is 279 g/mol. The number of nitrogens with one attached hydrogen (secondary N) is 1. The van der Waals surface area contributed by atoms with Crippen molar-refractivity contribution < 1.29 is 5.11 Å². The molecule has 0 aliphatic carbocycles. The molecule has 1 saturated heterocycles. The van der Waals surface area contributed by atoms with Crippen molar-refractivity contribution in [2.24, 2.45) is 0 Å². The van der Waals surface area contributed by atoms with Gasteiger partial charge in [-0.3, -0.25) is 9.36 Å². The Morgan fingerprint density at radius 2 is 2.26 bits per heavy atom. The molecule has 0 atom stereocenters. The van der Waals surface area contributed by atoms with Gasteiger partial charge in [0.2, 0.25) is 0 Å². The Kier molecular flexibility index (Phi) is 3.16. The molecule has 2 N–H and O–H groups in total. The highest BCUT2D eigenvalue weighted by Crippen LogP contribution is 2.22. The molecule has 1 aliphatic heterocycles. The van der Waals surface area contributed by atoms with Crippen LogP contribution in [-0.4, -0.2) is 33.3 Å². The molecule has 0 amide bonds. The van der Waals surface area contributed by atoms with Crippen molar-refractivity contribution in [2.45, 2.75) is 31.9 Å². The maximum absolute atomic E-state index is 12.4. The Bertz CT molecular complexity index is 655. The van der Waals surface area contributed by atoms with Crippen molar-refractivity contribution in [3.8, 4) is 0 Å². The first-order valence-corrected chi connectivity index (χ1v) is 7.33. The Morgan fingerprint density at radius 3 is 3.00 bits per heavy atom. The number of rotatable bonds is 2. The number of aromatic nitrogens is 2. The van der Waals surface area contributed by atoms with Gasteiger partial charge in [-0.05, 0) is 32.9 Å². The lowest BCUT2D eigenvalue weighted by molar-refractivity contribution is -0.00627. The number of nitrogens with zero attached hydrogens (tertiary/aromatic N) is 2. The van der Waals surface area contributed by atoms with Crippen LogP contribution in [0.25, 0.3) is 10.9 Å².